The summed E-state index contributed by atoms with van der Waals surface area (Å²) in [6, 6.07) is 13.3. The maximum Gasteiger partial charge on any atom is 0.240 e. The lowest BCUT2D eigenvalue weighted by molar-refractivity contribution is 0.0965. The van der Waals surface area contributed by atoms with E-state index in [9.17, 15) is 15.0 Å². The van der Waals surface area contributed by atoms with Crippen LogP contribution >= 0.6 is 0 Å². The van der Waals surface area contributed by atoms with Gasteiger partial charge in [-0.2, -0.15) is 0 Å². The number of imidazole rings is 1. The maximum atomic E-state index is 13.2. The molecule has 154 valence electrons. The van der Waals surface area contributed by atoms with Crippen molar-refractivity contribution >= 4 is 27.7 Å². The summed E-state index contributed by atoms with van der Waals surface area (Å²) in [7, 11) is 0. The van der Waals surface area contributed by atoms with Crippen molar-refractivity contribution in [3.05, 3.63) is 60.0 Å². The molecular formula is C24H20N4O3. The number of aromatic nitrogens is 4. The number of benzene rings is 2. The molecule has 5 aromatic rings. The number of nitrogens with zero attached hydrogens (tertiary/aromatic N) is 2. The van der Waals surface area contributed by atoms with Gasteiger partial charge in [0.15, 0.2) is 11.5 Å². The van der Waals surface area contributed by atoms with Crippen LogP contribution in [-0.4, -0.2) is 35.5 Å². The first kappa shape index (κ1) is 17.8. The normalized spacial score (nSPS) is 14.0. The number of aromatic hydroxyl groups is 2. The Hall–Kier alpha value is -4.00. The molecule has 0 bridgehead atoms. The second-order valence-electron chi connectivity index (χ2n) is 8.14. The van der Waals surface area contributed by atoms with Crippen LogP contribution in [0.15, 0.2) is 48.8 Å². The fourth-order valence-electron chi connectivity index (χ4n) is 4.46. The van der Waals surface area contributed by atoms with Crippen molar-refractivity contribution in [1.82, 2.24) is 19.5 Å². The summed E-state index contributed by atoms with van der Waals surface area (Å²) in [6.45, 7) is 1.93. The van der Waals surface area contributed by atoms with Crippen LogP contribution in [-0.2, 0) is 0 Å². The molecule has 6 rings (SSSR count). The van der Waals surface area contributed by atoms with Gasteiger partial charge in [-0.15, -0.1) is 0 Å². The summed E-state index contributed by atoms with van der Waals surface area (Å²) in [5.41, 5.74) is 5.46. The van der Waals surface area contributed by atoms with Crippen molar-refractivity contribution in [2.75, 3.05) is 0 Å². The first-order valence-corrected chi connectivity index (χ1v) is 10.3. The molecule has 0 amide bonds. The Labute approximate surface area is 177 Å². The van der Waals surface area contributed by atoms with Crippen LogP contribution in [0.3, 0.4) is 0 Å². The average molecular weight is 412 g/mol. The van der Waals surface area contributed by atoms with E-state index in [4.69, 9.17) is 0 Å². The highest BCUT2D eigenvalue weighted by atomic mass is 16.3. The molecular weight excluding hydrogens is 392 g/mol. The minimum Gasteiger partial charge on any atom is -0.503 e. The van der Waals surface area contributed by atoms with Crippen LogP contribution in [0, 0.1) is 12.8 Å². The van der Waals surface area contributed by atoms with Gasteiger partial charge in [-0.05, 0) is 44.0 Å². The number of H-pyrrole nitrogens is 2. The quantitative estimate of drug-likeness (QED) is 0.318. The third-order valence-corrected chi connectivity index (χ3v) is 6.11. The molecule has 3 heterocycles. The highest BCUT2D eigenvalue weighted by Crippen LogP contribution is 2.49. The SMILES string of the molecule is Cc1[nH]c2ccccc2c1-c1c(C(=O)C2CC2)c(O)c(O)n1-c1ccc2nc[nH]c2c1. The molecule has 0 spiro atoms. The standard InChI is InChI=1S/C24H20N4O3/c1-12-19(15-4-2-3-5-16(15)27-12)21-20(22(29)13-6-7-13)23(30)24(31)28(21)14-8-9-17-18(10-14)26-11-25-17/h2-5,8-11,13,27,30-31H,6-7H2,1H3,(H,25,26). The van der Waals surface area contributed by atoms with E-state index >= 15 is 0 Å². The largest absolute Gasteiger partial charge is 0.503 e. The molecule has 1 saturated carbocycles. The molecule has 31 heavy (non-hydrogen) atoms. The van der Waals surface area contributed by atoms with Crippen LogP contribution in [0.4, 0.5) is 0 Å². The number of carbonyl (C=O) groups is 1. The number of para-hydroxylation sites is 1. The van der Waals surface area contributed by atoms with Crippen LogP contribution in [0.2, 0.25) is 0 Å². The Balaban J connectivity index is 1.73. The maximum absolute atomic E-state index is 13.2. The molecule has 0 radical (unpaired) electrons. The Morgan fingerprint density at radius 2 is 1.94 bits per heavy atom. The van der Waals surface area contributed by atoms with E-state index in [0.29, 0.717) is 11.4 Å². The van der Waals surface area contributed by atoms with Gasteiger partial charge in [0.25, 0.3) is 0 Å². The van der Waals surface area contributed by atoms with E-state index in [2.05, 4.69) is 15.0 Å². The molecule has 2 aromatic carbocycles. The Bertz CT molecular complexity index is 1500. The van der Waals surface area contributed by atoms with Crippen molar-refractivity contribution in [3.8, 4) is 28.6 Å². The number of aromatic amines is 2. The van der Waals surface area contributed by atoms with Gasteiger partial charge in [0.2, 0.25) is 5.88 Å². The summed E-state index contributed by atoms with van der Waals surface area (Å²) < 4.78 is 1.56. The number of Topliss-reactive ketones (excluding diaryl/α,β-unsaturated/α-hetero) is 1. The molecule has 0 saturated heterocycles. The highest BCUT2D eigenvalue weighted by Gasteiger charge is 2.38. The number of aryl methyl sites for hydroxylation is 1. The van der Waals surface area contributed by atoms with Gasteiger partial charge in [-0.1, -0.05) is 18.2 Å². The van der Waals surface area contributed by atoms with Crippen molar-refractivity contribution in [2.45, 2.75) is 19.8 Å². The molecule has 1 aliphatic carbocycles. The summed E-state index contributed by atoms with van der Waals surface area (Å²) in [6.07, 6.45) is 3.21. The minimum atomic E-state index is -0.374. The van der Waals surface area contributed by atoms with Crippen molar-refractivity contribution in [3.63, 3.8) is 0 Å². The van der Waals surface area contributed by atoms with Gasteiger partial charge in [0.05, 0.1) is 34.3 Å². The first-order chi connectivity index (χ1) is 15.0. The first-order valence-electron chi connectivity index (χ1n) is 10.3. The smallest absolute Gasteiger partial charge is 0.240 e. The Kier molecular flexibility index (Phi) is 3.59. The van der Waals surface area contributed by atoms with E-state index in [-0.39, 0.29) is 28.9 Å². The van der Waals surface area contributed by atoms with Crippen LogP contribution in [0.5, 0.6) is 11.6 Å². The number of fused-ring (bicyclic) bond motifs is 2. The van der Waals surface area contributed by atoms with Gasteiger partial charge in [0, 0.05) is 28.1 Å². The van der Waals surface area contributed by atoms with Crippen LogP contribution < -0.4 is 0 Å². The Morgan fingerprint density at radius 3 is 2.74 bits per heavy atom. The number of ketones is 1. The van der Waals surface area contributed by atoms with E-state index < -0.39 is 0 Å². The molecule has 4 N–H and O–H groups in total. The summed E-state index contributed by atoms with van der Waals surface area (Å²) in [4.78, 5) is 23.9. The second-order valence-corrected chi connectivity index (χ2v) is 8.14. The molecule has 0 unspecified atom stereocenters. The van der Waals surface area contributed by atoms with Crippen LogP contribution in [0.25, 0.3) is 38.9 Å². The highest BCUT2D eigenvalue weighted by molar-refractivity contribution is 6.11. The lowest BCUT2D eigenvalue weighted by Gasteiger charge is -2.13. The average Bonchev–Trinajstić information content (AvgIpc) is 3.34. The monoisotopic (exact) mass is 412 g/mol. The fraction of sp³-hybridized carbons (Fsp3) is 0.167. The summed E-state index contributed by atoms with van der Waals surface area (Å²) >= 11 is 0. The molecule has 1 fully saturated rings. The number of nitrogens with one attached hydrogen (secondary N) is 2. The van der Waals surface area contributed by atoms with Gasteiger partial charge >= 0.3 is 0 Å². The Morgan fingerprint density at radius 1 is 1.13 bits per heavy atom. The van der Waals surface area contributed by atoms with Crippen molar-refractivity contribution in [2.24, 2.45) is 5.92 Å². The van der Waals surface area contributed by atoms with E-state index in [1.807, 2.05) is 49.4 Å². The molecule has 1 aliphatic rings. The van der Waals surface area contributed by atoms with Gasteiger partial charge < -0.3 is 20.2 Å². The lowest BCUT2D eigenvalue weighted by atomic mass is 9.99. The summed E-state index contributed by atoms with van der Waals surface area (Å²) in [5.74, 6) is -0.960. The van der Waals surface area contributed by atoms with Crippen molar-refractivity contribution < 1.29 is 15.0 Å². The van der Waals surface area contributed by atoms with Crippen LogP contribution in [0.1, 0.15) is 28.9 Å². The molecule has 3 aromatic heterocycles. The van der Waals surface area contributed by atoms with Gasteiger partial charge in [-0.25, -0.2) is 4.98 Å². The number of hydrogen-bond acceptors (Lipinski definition) is 4. The number of carbonyl (C=O) groups excluding carboxylic acids is 1. The molecule has 7 heteroatoms. The van der Waals surface area contributed by atoms with E-state index in [1.54, 1.807) is 10.9 Å². The zero-order valence-electron chi connectivity index (χ0n) is 16.8. The molecule has 7 nitrogen and oxygen atoms in total. The second kappa shape index (κ2) is 6.25. The molecule has 0 aliphatic heterocycles. The fourth-order valence-corrected chi connectivity index (χ4v) is 4.46. The van der Waals surface area contributed by atoms with Crippen molar-refractivity contribution in [1.29, 1.82) is 0 Å². The van der Waals surface area contributed by atoms with Gasteiger partial charge in [-0.3, -0.25) is 9.36 Å². The molecule has 0 atom stereocenters. The zero-order chi connectivity index (χ0) is 21.3. The number of hydrogen-bond donors (Lipinski definition) is 4. The van der Waals surface area contributed by atoms with E-state index in [0.717, 1.165) is 46.0 Å². The zero-order valence-corrected chi connectivity index (χ0v) is 16.8. The number of rotatable bonds is 4. The van der Waals surface area contributed by atoms with Gasteiger partial charge in [0.1, 0.15) is 0 Å². The third kappa shape index (κ3) is 2.53. The summed E-state index contributed by atoms with van der Waals surface area (Å²) in [5, 5.41) is 22.9. The topological polar surface area (TPSA) is 107 Å². The predicted octanol–water partition coefficient (Wildman–Crippen LogP) is 4.81. The predicted molar refractivity (Wildman–Crippen MR) is 118 cm³/mol. The third-order valence-electron chi connectivity index (χ3n) is 6.11. The minimum absolute atomic E-state index is 0.111. The van der Waals surface area contributed by atoms with E-state index in [1.165, 1.54) is 0 Å². The lowest BCUT2D eigenvalue weighted by Crippen LogP contribution is -2.05.